The fourth-order valence-corrected chi connectivity index (χ4v) is 2.07. The molecule has 0 aliphatic carbocycles. The van der Waals surface area contributed by atoms with Crippen molar-refractivity contribution in [3.8, 4) is 0 Å². The lowest BCUT2D eigenvalue weighted by molar-refractivity contribution is -0.383. The quantitative estimate of drug-likeness (QED) is 0.459. The third-order valence-electron chi connectivity index (χ3n) is 2.05. The van der Waals surface area contributed by atoms with Gasteiger partial charge in [-0.05, 0) is 52.2 Å². The molecule has 0 N–H and O–H groups in total. The normalized spacial score (nSPS) is 10.5. The number of halogens is 2. The molecule has 2 aromatic carbocycles. The molecule has 0 bridgehead atoms. The van der Waals surface area contributed by atoms with Crippen LogP contribution in [0.2, 0.25) is 0 Å². The number of hydrogen-bond acceptors (Lipinski definition) is 2. The van der Waals surface area contributed by atoms with Gasteiger partial charge in [-0.1, -0.05) is 0 Å². The van der Waals surface area contributed by atoms with E-state index in [1.54, 1.807) is 6.07 Å². The third-order valence-corrected chi connectivity index (χ3v) is 2.68. The minimum Gasteiger partial charge on any atom is -0.258 e. The molecule has 0 saturated carbocycles. The summed E-state index contributed by atoms with van der Waals surface area (Å²) in [7, 11) is 0. The first-order valence-corrected chi connectivity index (χ1v) is 5.19. The fourth-order valence-electron chi connectivity index (χ4n) is 1.44. The van der Waals surface area contributed by atoms with Crippen molar-refractivity contribution in [1.82, 2.24) is 0 Å². The van der Waals surface area contributed by atoms with E-state index >= 15 is 0 Å². The van der Waals surface area contributed by atoms with Crippen LogP contribution in [0, 0.1) is 19.5 Å². The molecule has 3 nitrogen and oxygen atoms in total. The summed E-state index contributed by atoms with van der Waals surface area (Å²) >= 11 is 1.97. The molecular formula is C10H5FINO2. The maximum atomic E-state index is 12.9. The Bertz CT molecular complexity index is 551. The second-order valence-electron chi connectivity index (χ2n) is 3.05. The zero-order chi connectivity index (χ0) is 11.0. The highest BCUT2D eigenvalue weighted by Crippen LogP contribution is 2.28. The Labute approximate surface area is 98.2 Å². The van der Waals surface area contributed by atoms with Crippen molar-refractivity contribution in [3.63, 3.8) is 0 Å². The average Bonchev–Trinajstić information content (AvgIpc) is 2.15. The molecule has 2 rings (SSSR count). The second kappa shape index (κ2) is 3.73. The van der Waals surface area contributed by atoms with Gasteiger partial charge in [0.1, 0.15) is 5.82 Å². The van der Waals surface area contributed by atoms with E-state index in [2.05, 4.69) is 0 Å². The maximum absolute atomic E-state index is 12.9. The summed E-state index contributed by atoms with van der Waals surface area (Å²) in [5, 5.41) is 11.8. The average molecular weight is 317 g/mol. The predicted octanol–water partition coefficient (Wildman–Crippen LogP) is 3.49. The van der Waals surface area contributed by atoms with Gasteiger partial charge >= 0.3 is 0 Å². The first-order valence-electron chi connectivity index (χ1n) is 4.11. The predicted molar refractivity (Wildman–Crippen MR) is 63.3 cm³/mol. The lowest BCUT2D eigenvalue weighted by Crippen LogP contribution is -1.91. The molecule has 0 aliphatic rings. The van der Waals surface area contributed by atoms with Crippen LogP contribution >= 0.6 is 22.6 Å². The second-order valence-corrected chi connectivity index (χ2v) is 4.29. The summed E-state index contributed by atoms with van der Waals surface area (Å²) in [6, 6.07) is 7.14. The van der Waals surface area contributed by atoms with E-state index < -0.39 is 10.7 Å². The number of non-ortho nitro benzene ring substituents is 1. The molecule has 2 aromatic rings. The summed E-state index contributed by atoms with van der Waals surface area (Å²) in [5.74, 6) is -0.390. The number of nitro groups is 1. The van der Waals surface area contributed by atoms with Crippen LogP contribution in [0.5, 0.6) is 0 Å². The van der Waals surface area contributed by atoms with Crippen LogP contribution in [0.25, 0.3) is 10.8 Å². The Morgan fingerprint density at radius 2 is 2.00 bits per heavy atom. The molecular weight excluding hydrogens is 312 g/mol. The Morgan fingerprint density at radius 1 is 1.27 bits per heavy atom. The van der Waals surface area contributed by atoms with E-state index in [1.807, 2.05) is 22.6 Å². The van der Waals surface area contributed by atoms with Crippen LogP contribution in [0.15, 0.2) is 30.3 Å². The Hall–Kier alpha value is -1.24. The molecule has 0 spiro atoms. The molecule has 0 saturated heterocycles. The first kappa shape index (κ1) is 10.3. The van der Waals surface area contributed by atoms with Crippen molar-refractivity contribution in [2.75, 3.05) is 0 Å². The lowest BCUT2D eigenvalue weighted by Gasteiger charge is -2.00. The van der Waals surface area contributed by atoms with Crippen molar-refractivity contribution in [3.05, 3.63) is 49.8 Å². The lowest BCUT2D eigenvalue weighted by atomic mass is 10.1. The Balaban J connectivity index is 2.86. The van der Waals surface area contributed by atoms with Gasteiger partial charge < -0.3 is 0 Å². The minimum atomic E-state index is -0.456. The van der Waals surface area contributed by atoms with Gasteiger partial charge in [-0.15, -0.1) is 0 Å². The zero-order valence-electron chi connectivity index (χ0n) is 7.41. The zero-order valence-corrected chi connectivity index (χ0v) is 9.56. The molecule has 0 amide bonds. The smallest absolute Gasteiger partial charge is 0.258 e. The Kier molecular flexibility index (Phi) is 2.56. The van der Waals surface area contributed by atoms with Gasteiger partial charge in [-0.2, -0.15) is 0 Å². The molecule has 0 aliphatic heterocycles. The van der Waals surface area contributed by atoms with Crippen LogP contribution < -0.4 is 0 Å². The van der Waals surface area contributed by atoms with E-state index in [0.29, 0.717) is 10.8 Å². The third kappa shape index (κ3) is 1.92. The number of nitrogens with zero attached hydrogens (tertiary/aromatic N) is 1. The van der Waals surface area contributed by atoms with E-state index in [1.165, 1.54) is 24.3 Å². The highest BCUT2D eigenvalue weighted by molar-refractivity contribution is 14.1. The molecule has 0 aromatic heterocycles. The van der Waals surface area contributed by atoms with Crippen LogP contribution in [-0.4, -0.2) is 4.92 Å². The molecule has 0 fully saturated rings. The van der Waals surface area contributed by atoms with Crippen LogP contribution in [0.3, 0.4) is 0 Å². The van der Waals surface area contributed by atoms with Gasteiger partial charge in [0.25, 0.3) is 5.69 Å². The molecule has 15 heavy (non-hydrogen) atoms. The van der Waals surface area contributed by atoms with E-state index in [4.69, 9.17) is 0 Å². The maximum Gasteiger partial charge on any atom is 0.278 e. The monoisotopic (exact) mass is 317 g/mol. The van der Waals surface area contributed by atoms with Crippen LogP contribution in [0.4, 0.5) is 10.1 Å². The van der Waals surface area contributed by atoms with Crippen molar-refractivity contribution in [1.29, 1.82) is 0 Å². The SMILES string of the molecule is O=[N+]([O-])c1cc(I)cc2cc(F)ccc12. The van der Waals surface area contributed by atoms with Gasteiger partial charge in [0, 0.05) is 9.64 Å². The summed E-state index contributed by atoms with van der Waals surface area (Å²) in [4.78, 5) is 10.3. The van der Waals surface area contributed by atoms with Crippen LogP contribution in [0.1, 0.15) is 0 Å². The molecule has 0 atom stereocenters. The van der Waals surface area contributed by atoms with Gasteiger partial charge in [0.2, 0.25) is 0 Å². The highest BCUT2D eigenvalue weighted by Gasteiger charge is 2.13. The number of hydrogen-bond donors (Lipinski definition) is 0. The largest absolute Gasteiger partial charge is 0.278 e. The van der Waals surface area contributed by atoms with Gasteiger partial charge in [0.05, 0.1) is 10.3 Å². The Morgan fingerprint density at radius 3 is 2.67 bits per heavy atom. The highest BCUT2D eigenvalue weighted by atomic mass is 127. The van der Waals surface area contributed by atoms with E-state index in [-0.39, 0.29) is 5.69 Å². The number of nitro benzene ring substituents is 1. The van der Waals surface area contributed by atoms with Gasteiger partial charge in [0.15, 0.2) is 0 Å². The summed E-state index contributed by atoms with van der Waals surface area (Å²) in [6.07, 6.45) is 0. The molecule has 76 valence electrons. The van der Waals surface area contributed by atoms with Gasteiger partial charge in [-0.25, -0.2) is 4.39 Å². The van der Waals surface area contributed by atoms with Crippen molar-refractivity contribution in [2.24, 2.45) is 0 Å². The van der Waals surface area contributed by atoms with E-state index in [0.717, 1.165) is 3.57 Å². The number of benzene rings is 2. The minimum absolute atomic E-state index is 0.0110. The topological polar surface area (TPSA) is 43.1 Å². The standard InChI is InChI=1S/C10H5FINO2/c11-7-1-2-9-6(3-7)4-8(12)5-10(9)13(14)15/h1-5H. The van der Waals surface area contributed by atoms with Gasteiger partial charge in [-0.3, -0.25) is 10.1 Å². The van der Waals surface area contributed by atoms with Crippen molar-refractivity contribution < 1.29 is 9.31 Å². The molecule has 0 heterocycles. The van der Waals surface area contributed by atoms with Crippen LogP contribution in [-0.2, 0) is 0 Å². The summed E-state index contributed by atoms with van der Waals surface area (Å²) in [6.45, 7) is 0. The molecule has 0 unspecified atom stereocenters. The van der Waals surface area contributed by atoms with Crippen molar-refractivity contribution >= 4 is 39.1 Å². The van der Waals surface area contributed by atoms with Crippen molar-refractivity contribution in [2.45, 2.75) is 0 Å². The summed E-state index contributed by atoms with van der Waals surface area (Å²) in [5.41, 5.74) is 0.0110. The fraction of sp³-hybridized carbons (Fsp3) is 0. The summed E-state index contributed by atoms with van der Waals surface area (Å²) < 4.78 is 13.6. The number of rotatable bonds is 1. The molecule has 5 heteroatoms. The first-order chi connectivity index (χ1) is 7.08. The van der Waals surface area contributed by atoms with E-state index in [9.17, 15) is 14.5 Å². The molecule has 0 radical (unpaired) electrons. The number of fused-ring (bicyclic) bond motifs is 1.